The number of aromatic nitrogens is 4. The van der Waals surface area contributed by atoms with Crippen molar-refractivity contribution in [2.24, 2.45) is 0 Å². The van der Waals surface area contributed by atoms with Gasteiger partial charge in [-0.25, -0.2) is 9.97 Å². The van der Waals surface area contributed by atoms with Gasteiger partial charge >= 0.3 is 0 Å². The van der Waals surface area contributed by atoms with Crippen LogP contribution >= 0.6 is 11.3 Å². The van der Waals surface area contributed by atoms with Gasteiger partial charge in [0.15, 0.2) is 0 Å². The van der Waals surface area contributed by atoms with Crippen LogP contribution in [0.4, 0.5) is 5.82 Å². The van der Waals surface area contributed by atoms with Gasteiger partial charge in [-0.05, 0) is 24.1 Å². The highest BCUT2D eigenvalue weighted by molar-refractivity contribution is 7.17. The number of fused-ring (bicyclic) bond motifs is 1. The van der Waals surface area contributed by atoms with E-state index in [4.69, 9.17) is 0 Å². The Kier molecular flexibility index (Phi) is 4.99. The second-order valence-corrected chi connectivity index (χ2v) is 8.11. The summed E-state index contributed by atoms with van der Waals surface area (Å²) in [5.41, 5.74) is 4.76. The molecule has 1 atom stereocenters. The molecule has 148 valence electrons. The van der Waals surface area contributed by atoms with Gasteiger partial charge in [-0.15, -0.1) is 11.3 Å². The van der Waals surface area contributed by atoms with Gasteiger partial charge in [0.1, 0.15) is 17.0 Å². The Balaban J connectivity index is 1.57. The van der Waals surface area contributed by atoms with Gasteiger partial charge < -0.3 is 5.32 Å². The molecule has 3 aromatic heterocycles. The third-order valence-electron chi connectivity index (χ3n) is 5.17. The van der Waals surface area contributed by atoms with Crippen molar-refractivity contribution in [2.45, 2.75) is 19.5 Å². The van der Waals surface area contributed by atoms with E-state index in [1.807, 2.05) is 23.0 Å². The van der Waals surface area contributed by atoms with Crippen molar-refractivity contribution < 1.29 is 0 Å². The van der Waals surface area contributed by atoms with E-state index in [-0.39, 0.29) is 6.04 Å². The Morgan fingerprint density at radius 1 is 1.00 bits per heavy atom. The Labute approximate surface area is 179 Å². The highest BCUT2D eigenvalue weighted by Crippen LogP contribution is 2.37. The first-order valence-electron chi connectivity index (χ1n) is 9.86. The molecule has 5 nitrogen and oxygen atoms in total. The molecular weight excluding hydrogens is 390 g/mol. The van der Waals surface area contributed by atoms with E-state index in [2.05, 4.69) is 81.2 Å². The van der Waals surface area contributed by atoms with E-state index in [0.29, 0.717) is 6.54 Å². The van der Waals surface area contributed by atoms with E-state index in [0.717, 1.165) is 21.6 Å². The molecule has 0 amide bonds. The van der Waals surface area contributed by atoms with Crippen LogP contribution in [0.3, 0.4) is 0 Å². The number of hydrogen-bond acceptors (Lipinski definition) is 5. The summed E-state index contributed by atoms with van der Waals surface area (Å²) < 4.78 is 1.94. The number of anilines is 1. The number of hydrogen-bond donors (Lipinski definition) is 1. The van der Waals surface area contributed by atoms with E-state index in [1.54, 1.807) is 23.9 Å². The maximum Gasteiger partial charge on any atom is 0.139 e. The van der Waals surface area contributed by atoms with Crippen LogP contribution in [0.1, 0.15) is 17.2 Å². The Morgan fingerprint density at radius 2 is 1.83 bits per heavy atom. The molecule has 5 rings (SSSR count). The van der Waals surface area contributed by atoms with Crippen LogP contribution in [0.2, 0.25) is 0 Å². The molecule has 0 spiro atoms. The molecule has 6 heteroatoms. The predicted octanol–water partition coefficient (Wildman–Crippen LogP) is 5.72. The number of nitrogens with zero attached hydrogens (tertiary/aromatic N) is 4. The molecule has 3 heterocycles. The largest absolute Gasteiger partial charge is 0.361 e. The Morgan fingerprint density at radius 3 is 2.60 bits per heavy atom. The minimum absolute atomic E-state index is 0.0231. The van der Waals surface area contributed by atoms with E-state index in [9.17, 15) is 0 Å². The summed E-state index contributed by atoms with van der Waals surface area (Å²) in [4.78, 5) is 10.1. The van der Waals surface area contributed by atoms with Crippen LogP contribution in [-0.2, 0) is 6.54 Å². The molecule has 30 heavy (non-hydrogen) atoms. The molecule has 0 bridgehead atoms. The van der Waals surface area contributed by atoms with Gasteiger partial charge in [0.05, 0.1) is 18.0 Å². The van der Waals surface area contributed by atoms with Gasteiger partial charge in [0, 0.05) is 23.3 Å². The second kappa shape index (κ2) is 8.08. The molecular formula is C24H21N5S. The van der Waals surface area contributed by atoms with Gasteiger partial charge in [-0.1, -0.05) is 60.2 Å². The molecule has 2 aromatic carbocycles. The van der Waals surface area contributed by atoms with E-state index >= 15 is 0 Å². The fourth-order valence-corrected chi connectivity index (χ4v) is 4.53. The average molecular weight is 412 g/mol. The summed E-state index contributed by atoms with van der Waals surface area (Å²) >= 11 is 1.65. The average Bonchev–Trinajstić information content (AvgIpc) is 3.45. The first-order valence-corrected chi connectivity index (χ1v) is 10.7. The van der Waals surface area contributed by atoms with Gasteiger partial charge in [0.2, 0.25) is 0 Å². The summed E-state index contributed by atoms with van der Waals surface area (Å²) in [6.45, 7) is 2.80. The zero-order chi connectivity index (χ0) is 20.3. The molecule has 0 radical (unpaired) electrons. The monoisotopic (exact) mass is 411 g/mol. The standard InChI is InChI=1S/C24H21N5S/c1-17-8-10-18(11-9-17)20-15-30-24-22(20)23(25-16-26-24)28-21(14-29-13-5-12-27-29)19-6-3-2-4-7-19/h2-13,15-16,21H,14H2,1H3,(H,25,26,28). The summed E-state index contributed by atoms with van der Waals surface area (Å²) in [6.07, 6.45) is 5.42. The van der Waals surface area contributed by atoms with Gasteiger partial charge in [-0.3, -0.25) is 4.68 Å². The van der Waals surface area contributed by atoms with Crippen molar-refractivity contribution in [1.82, 2.24) is 19.7 Å². The maximum atomic E-state index is 4.63. The molecule has 0 fully saturated rings. The number of aryl methyl sites for hydroxylation is 1. The quantitative estimate of drug-likeness (QED) is 0.388. The lowest BCUT2D eigenvalue weighted by atomic mass is 10.0. The minimum Gasteiger partial charge on any atom is -0.361 e. The Bertz CT molecular complexity index is 1240. The van der Waals surface area contributed by atoms with Crippen molar-refractivity contribution in [3.05, 3.63) is 95.9 Å². The van der Waals surface area contributed by atoms with Crippen molar-refractivity contribution in [3.8, 4) is 11.1 Å². The predicted molar refractivity (Wildman–Crippen MR) is 123 cm³/mol. The zero-order valence-electron chi connectivity index (χ0n) is 16.6. The topological polar surface area (TPSA) is 55.6 Å². The minimum atomic E-state index is 0.0231. The highest BCUT2D eigenvalue weighted by Gasteiger charge is 2.18. The zero-order valence-corrected chi connectivity index (χ0v) is 17.4. The SMILES string of the molecule is Cc1ccc(-c2csc3ncnc(NC(Cn4cccn4)c4ccccc4)c23)cc1. The lowest BCUT2D eigenvalue weighted by molar-refractivity contribution is 0.550. The molecule has 0 saturated heterocycles. The van der Waals surface area contributed by atoms with Crippen molar-refractivity contribution in [2.75, 3.05) is 5.32 Å². The fraction of sp³-hybridized carbons (Fsp3) is 0.125. The number of benzene rings is 2. The number of rotatable bonds is 6. The first-order chi connectivity index (χ1) is 14.8. The lowest BCUT2D eigenvalue weighted by Gasteiger charge is -2.20. The molecule has 0 aliphatic rings. The van der Waals surface area contributed by atoms with Gasteiger partial charge in [-0.2, -0.15) is 5.10 Å². The molecule has 0 aliphatic heterocycles. The normalized spacial score (nSPS) is 12.2. The maximum absolute atomic E-state index is 4.63. The second-order valence-electron chi connectivity index (χ2n) is 7.25. The fourth-order valence-electron chi connectivity index (χ4n) is 3.61. The molecule has 0 saturated carbocycles. The molecule has 0 aliphatic carbocycles. The molecule has 5 aromatic rings. The highest BCUT2D eigenvalue weighted by atomic mass is 32.1. The van der Waals surface area contributed by atoms with Crippen LogP contribution in [0.15, 0.2) is 84.8 Å². The van der Waals surface area contributed by atoms with Crippen LogP contribution in [0.5, 0.6) is 0 Å². The van der Waals surface area contributed by atoms with Crippen LogP contribution < -0.4 is 5.32 Å². The van der Waals surface area contributed by atoms with E-state index < -0.39 is 0 Å². The lowest BCUT2D eigenvalue weighted by Crippen LogP contribution is -2.18. The number of thiophene rings is 1. The summed E-state index contributed by atoms with van der Waals surface area (Å²) in [7, 11) is 0. The summed E-state index contributed by atoms with van der Waals surface area (Å²) in [5.74, 6) is 0.845. The molecule has 1 N–H and O–H groups in total. The summed E-state index contributed by atoms with van der Waals surface area (Å²) in [5, 5.41) is 11.3. The Hall–Kier alpha value is -3.51. The first kappa shape index (κ1) is 18.5. The van der Waals surface area contributed by atoms with Crippen LogP contribution in [-0.4, -0.2) is 19.7 Å². The van der Waals surface area contributed by atoms with Gasteiger partial charge in [0.25, 0.3) is 0 Å². The van der Waals surface area contributed by atoms with E-state index in [1.165, 1.54) is 16.7 Å². The number of nitrogens with one attached hydrogen (secondary N) is 1. The smallest absolute Gasteiger partial charge is 0.139 e. The molecule has 1 unspecified atom stereocenters. The third-order valence-corrected chi connectivity index (χ3v) is 6.06. The van der Waals surface area contributed by atoms with Crippen molar-refractivity contribution in [1.29, 1.82) is 0 Å². The van der Waals surface area contributed by atoms with Crippen molar-refractivity contribution in [3.63, 3.8) is 0 Å². The third kappa shape index (κ3) is 3.69. The van der Waals surface area contributed by atoms with Crippen LogP contribution in [0.25, 0.3) is 21.3 Å². The van der Waals surface area contributed by atoms with Crippen LogP contribution in [0, 0.1) is 6.92 Å². The van der Waals surface area contributed by atoms with Crippen molar-refractivity contribution >= 4 is 27.4 Å². The summed E-state index contributed by atoms with van der Waals surface area (Å²) in [6, 6.07) is 21.0.